The van der Waals surface area contributed by atoms with Crippen LogP contribution >= 0.6 is 11.6 Å². The second-order valence-corrected chi connectivity index (χ2v) is 6.61. The Morgan fingerprint density at radius 1 is 0.958 bits per heavy atom. The standard InChI is InChI=1S/C20H19ClN3/c21-18-8-5-16(6-9-18)15-23-11-13-24(14-12-23)20-10-7-17-3-1-2-4-19(17)22-20/h1-9H,11-15H2. The molecule has 2 aromatic carbocycles. The molecule has 0 saturated carbocycles. The first-order valence-corrected chi connectivity index (χ1v) is 8.65. The van der Waals surface area contributed by atoms with E-state index < -0.39 is 0 Å². The van der Waals surface area contributed by atoms with Crippen molar-refractivity contribution in [2.24, 2.45) is 0 Å². The number of hydrogen-bond donors (Lipinski definition) is 0. The van der Waals surface area contributed by atoms with Crippen molar-refractivity contribution in [3.8, 4) is 0 Å². The van der Waals surface area contributed by atoms with Gasteiger partial charge in [-0.05, 0) is 29.8 Å². The van der Waals surface area contributed by atoms with Crippen LogP contribution < -0.4 is 4.90 Å². The normalized spacial score (nSPS) is 15.8. The molecule has 0 unspecified atom stereocenters. The summed E-state index contributed by atoms with van der Waals surface area (Å²) in [6.07, 6.45) is 0. The van der Waals surface area contributed by atoms with Crippen LogP contribution in [-0.4, -0.2) is 36.1 Å². The number of nitrogens with zero attached hydrogens (tertiary/aromatic N) is 3. The summed E-state index contributed by atoms with van der Waals surface area (Å²) in [5.74, 6) is 0.958. The minimum absolute atomic E-state index is 0.793. The fourth-order valence-electron chi connectivity index (χ4n) is 3.13. The van der Waals surface area contributed by atoms with E-state index in [1.807, 2.05) is 30.3 Å². The van der Waals surface area contributed by atoms with Crippen LogP contribution in [0.5, 0.6) is 0 Å². The molecule has 1 aromatic heterocycles. The lowest BCUT2D eigenvalue weighted by Gasteiger charge is -2.35. The molecule has 4 heteroatoms. The Hall–Kier alpha value is -2.10. The molecule has 4 rings (SSSR count). The third-order valence-corrected chi connectivity index (χ3v) is 4.76. The largest absolute Gasteiger partial charge is 0.354 e. The summed E-state index contributed by atoms with van der Waals surface area (Å²) in [5, 5.41) is 1.93. The Kier molecular flexibility index (Phi) is 4.37. The summed E-state index contributed by atoms with van der Waals surface area (Å²) in [5.41, 5.74) is 2.35. The molecule has 1 radical (unpaired) electrons. The van der Waals surface area contributed by atoms with E-state index in [2.05, 4.69) is 40.1 Å². The molecule has 0 atom stereocenters. The average Bonchev–Trinajstić information content (AvgIpc) is 2.64. The Bertz CT molecular complexity index is 824. The summed E-state index contributed by atoms with van der Waals surface area (Å²) in [7, 11) is 0. The summed E-state index contributed by atoms with van der Waals surface area (Å²) in [6.45, 7) is 5.00. The molecule has 1 aliphatic rings. The van der Waals surface area contributed by atoms with Crippen molar-refractivity contribution in [1.82, 2.24) is 9.88 Å². The molecule has 1 fully saturated rings. The molecule has 0 bridgehead atoms. The zero-order chi connectivity index (χ0) is 16.4. The molecule has 2 heterocycles. The van der Waals surface area contributed by atoms with Crippen LogP contribution in [-0.2, 0) is 6.54 Å². The van der Waals surface area contributed by atoms with E-state index >= 15 is 0 Å². The fourth-order valence-corrected chi connectivity index (χ4v) is 3.25. The van der Waals surface area contributed by atoms with Gasteiger partial charge in [0.1, 0.15) is 5.82 Å². The second kappa shape index (κ2) is 6.80. The van der Waals surface area contributed by atoms with Gasteiger partial charge in [0.15, 0.2) is 0 Å². The molecule has 1 saturated heterocycles. The third-order valence-electron chi connectivity index (χ3n) is 4.51. The molecule has 1 aliphatic heterocycles. The highest BCUT2D eigenvalue weighted by Crippen LogP contribution is 2.19. The maximum atomic E-state index is 5.95. The minimum atomic E-state index is 0.793. The van der Waals surface area contributed by atoms with Crippen LogP contribution in [0.3, 0.4) is 0 Å². The zero-order valence-corrected chi connectivity index (χ0v) is 14.2. The summed E-state index contributed by atoms with van der Waals surface area (Å²) in [6, 6.07) is 21.7. The quantitative estimate of drug-likeness (QED) is 0.720. The zero-order valence-electron chi connectivity index (χ0n) is 13.5. The molecule has 0 amide bonds. The van der Waals surface area contributed by atoms with Gasteiger partial charge in [0.05, 0.1) is 5.52 Å². The Labute approximate surface area is 147 Å². The van der Waals surface area contributed by atoms with Crippen LogP contribution in [0.4, 0.5) is 5.82 Å². The number of halogens is 1. The van der Waals surface area contributed by atoms with Gasteiger partial charge in [0.25, 0.3) is 0 Å². The van der Waals surface area contributed by atoms with Crippen LogP contribution in [0.15, 0.2) is 54.6 Å². The van der Waals surface area contributed by atoms with Gasteiger partial charge in [-0.25, -0.2) is 4.98 Å². The predicted octanol–water partition coefficient (Wildman–Crippen LogP) is 4.01. The number of hydrogen-bond acceptors (Lipinski definition) is 3. The molecule has 24 heavy (non-hydrogen) atoms. The number of aromatic nitrogens is 1. The van der Waals surface area contributed by atoms with Gasteiger partial charge in [-0.3, -0.25) is 4.90 Å². The van der Waals surface area contributed by atoms with Crippen LogP contribution in [0.25, 0.3) is 10.9 Å². The predicted molar refractivity (Wildman–Crippen MR) is 99.5 cm³/mol. The molecule has 0 spiro atoms. The number of pyridine rings is 1. The van der Waals surface area contributed by atoms with Crippen molar-refractivity contribution in [3.05, 3.63) is 71.2 Å². The number of piperazine rings is 1. The van der Waals surface area contributed by atoms with Crippen molar-refractivity contribution in [1.29, 1.82) is 0 Å². The first-order valence-electron chi connectivity index (χ1n) is 8.27. The van der Waals surface area contributed by atoms with Crippen LogP contribution in [0.2, 0.25) is 5.02 Å². The molecule has 0 aliphatic carbocycles. The first kappa shape index (κ1) is 15.4. The number of anilines is 1. The van der Waals surface area contributed by atoms with E-state index in [-0.39, 0.29) is 0 Å². The van der Waals surface area contributed by atoms with E-state index in [4.69, 9.17) is 16.6 Å². The molecule has 121 valence electrons. The summed E-state index contributed by atoms with van der Waals surface area (Å²) < 4.78 is 0. The van der Waals surface area contributed by atoms with E-state index in [0.29, 0.717) is 0 Å². The monoisotopic (exact) mass is 336 g/mol. The first-order chi connectivity index (χ1) is 11.8. The van der Waals surface area contributed by atoms with Gasteiger partial charge in [0.2, 0.25) is 0 Å². The average molecular weight is 337 g/mol. The Morgan fingerprint density at radius 3 is 2.50 bits per heavy atom. The maximum Gasteiger partial charge on any atom is 0.137 e. The number of fused-ring (bicyclic) bond motifs is 1. The van der Waals surface area contributed by atoms with E-state index in [9.17, 15) is 0 Å². The van der Waals surface area contributed by atoms with Gasteiger partial charge in [0, 0.05) is 49.2 Å². The van der Waals surface area contributed by atoms with Gasteiger partial charge < -0.3 is 4.90 Å². The molecule has 0 N–H and O–H groups in total. The molecule has 3 nitrogen and oxygen atoms in total. The fraction of sp³-hybridized carbons (Fsp3) is 0.250. The number of para-hydroxylation sites is 1. The lowest BCUT2D eigenvalue weighted by molar-refractivity contribution is 0.249. The van der Waals surface area contributed by atoms with E-state index in [1.54, 1.807) is 0 Å². The summed E-state index contributed by atoms with van der Waals surface area (Å²) >= 11 is 5.95. The maximum absolute atomic E-state index is 5.95. The molecular formula is C20H19ClN3. The highest BCUT2D eigenvalue weighted by molar-refractivity contribution is 6.30. The third kappa shape index (κ3) is 3.37. The highest BCUT2D eigenvalue weighted by Gasteiger charge is 2.18. The highest BCUT2D eigenvalue weighted by atomic mass is 35.5. The molecular weight excluding hydrogens is 318 g/mol. The minimum Gasteiger partial charge on any atom is -0.354 e. The SMILES string of the molecule is Clc1ccc(CN2CCN(c3[c]cc4ccccc4n3)CC2)cc1. The van der Waals surface area contributed by atoms with Crippen LogP contribution in [0.1, 0.15) is 5.56 Å². The Balaban J connectivity index is 1.40. The second-order valence-electron chi connectivity index (χ2n) is 6.17. The van der Waals surface area contributed by atoms with Crippen molar-refractivity contribution in [3.63, 3.8) is 0 Å². The van der Waals surface area contributed by atoms with E-state index in [1.165, 1.54) is 5.56 Å². The van der Waals surface area contributed by atoms with Gasteiger partial charge in [-0.15, -0.1) is 0 Å². The smallest absolute Gasteiger partial charge is 0.137 e. The number of rotatable bonds is 3. The van der Waals surface area contributed by atoms with Crippen molar-refractivity contribution >= 4 is 28.3 Å². The number of benzene rings is 2. The summed E-state index contributed by atoms with van der Waals surface area (Å²) in [4.78, 5) is 9.55. The Morgan fingerprint density at radius 2 is 1.71 bits per heavy atom. The molecule has 3 aromatic rings. The van der Waals surface area contributed by atoms with Gasteiger partial charge in [-0.2, -0.15) is 0 Å². The lowest BCUT2D eigenvalue weighted by atomic mass is 10.2. The topological polar surface area (TPSA) is 19.4 Å². The van der Waals surface area contributed by atoms with Crippen LogP contribution in [0, 0.1) is 6.07 Å². The van der Waals surface area contributed by atoms with Crippen molar-refractivity contribution in [2.75, 3.05) is 31.1 Å². The van der Waals surface area contributed by atoms with Crippen molar-refractivity contribution < 1.29 is 0 Å². The van der Waals surface area contributed by atoms with Crippen molar-refractivity contribution in [2.45, 2.75) is 6.54 Å². The lowest BCUT2D eigenvalue weighted by Crippen LogP contribution is -2.46. The van der Waals surface area contributed by atoms with Gasteiger partial charge in [-0.1, -0.05) is 41.9 Å². The van der Waals surface area contributed by atoms with E-state index in [0.717, 1.165) is 54.5 Å². The van der Waals surface area contributed by atoms with Gasteiger partial charge >= 0.3 is 0 Å².